The van der Waals surface area contributed by atoms with Crippen molar-refractivity contribution in [3.05, 3.63) is 63.6 Å². The summed E-state index contributed by atoms with van der Waals surface area (Å²) in [6.45, 7) is 2.14. The zero-order chi connectivity index (χ0) is 20.7. The average Bonchev–Trinajstić information content (AvgIpc) is 2.70. The number of nitrogens with one attached hydrogen (secondary N) is 1. The average molecular weight is 423 g/mol. The summed E-state index contributed by atoms with van der Waals surface area (Å²) in [4.78, 5) is 27.1. The molecule has 0 saturated heterocycles. The SMILES string of the molecule is CC[C@@H](C(=O)NC)N(Cc1ccc(Cl)c(Cl)c1)C(=O)Cc1ccc(OC)cc1. The summed E-state index contributed by atoms with van der Waals surface area (Å²) in [6.07, 6.45) is 0.675. The standard InChI is InChI=1S/C21H24Cl2N2O3/c1-4-19(21(27)24-2)25(13-15-7-10-17(22)18(23)11-15)20(26)12-14-5-8-16(28-3)9-6-14/h5-11,19H,4,12-13H2,1-3H3,(H,24,27)/t19-/m0/s1. The number of carbonyl (C=O) groups excluding carboxylic acids is 2. The van der Waals surface area contributed by atoms with Gasteiger partial charge in [0, 0.05) is 13.6 Å². The molecular weight excluding hydrogens is 399 g/mol. The Morgan fingerprint density at radius 2 is 1.71 bits per heavy atom. The van der Waals surface area contributed by atoms with E-state index in [4.69, 9.17) is 27.9 Å². The molecule has 0 bridgehead atoms. The predicted octanol–water partition coefficient (Wildman–Crippen LogP) is 4.10. The molecule has 1 atom stereocenters. The summed E-state index contributed by atoms with van der Waals surface area (Å²) in [5, 5.41) is 3.50. The van der Waals surface area contributed by atoms with Crippen LogP contribution in [0.3, 0.4) is 0 Å². The van der Waals surface area contributed by atoms with Crippen molar-refractivity contribution in [3.63, 3.8) is 0 Å². The minimum absolute atomic E-state index is 0.147. The van der Waals surface area contributed by atoms with Gasteiger partial charge in [-0.2, -0.15) is 0 Å². The number of nitrogens with zero attached hydrogens (tertiary/aromatic N) is 1. The Balaban J connectivity index is 2.28. The van der Waals surface area contributed by atoms with Crippen LogP contribution >= 0.6 is 23.2 Å². The largest absolute Gasteiger partial charge is 0.497 e. The predicted molar refractivity (Wildman–Crippen MR) is 112 cm³/mol. The number of rotatable bonds is 8. The van der Waals surface area contributed by atoms with E-state index in [1.165, 1.54) is 0 Å². The smallest absolute Gasteiger partial charge is 0.242 e. The van der Waals surface area contributed by atoms with Gasteiger partial charge in [-0.1, -0.05) is 48.3 Å². The van der Waals surface area contributed by atoms with Crippen LogP contribution in [-0.2, 0) is 22.6 Å². The van der Waals surface area contributed by atoms with Crippen LogP contribution in [0.4, 0.5) is 0 Å². The molecule has 0 aliphatic heterocycles. The van der Waals surface area contributed by atoms with Gasteiger partial charge in [0.25, 0.3) is 0 Å². The molecule has 0 spiro atoms. The van der Waals surface area contributed by atoms with Crippen LogP contribution in [0.2, 0.25) is 10.0 Å². The topological polar surface area (TPSA) is 58.6 Å². The number of hydrogen-bond donors (Lipinski definition) is 1. The molecule has 0 fully saturated rings. The van der Waals surface area contributed by atoms with Crippen molar-refractivity contribution in [2.45, 2.75) is 32.4 Å². The lowest BCUT2D eigenvalue weighted by Crippen LogP contribution is -2.48. The number of halogens is 2. The summed E-state index contributed by atoms with van der Waals surface area (Å²) < 4.78 is 5.15. The first-order chi connectivity index (χ1) is 13.4. The number of methoxy groups -OCH3 is 1. The van der Waals surface area contributed by atoms with Crippen molar-refractivity contribution < 1.29 is 14.3 Å². The van der Waals surface area contributed by atoms with Crippen LogP contribution in [0.15, 0.2) is 42.5 Å². The molecule has 7 heteroatoms. The molecule has 2 aromatic rings. The number of hydrogen-bond acceptors (Lipinski definition) is 3. The number of ether oxygens (including phenoxy) is 1. The number of benzene rings is 2. The Kier molecular flexibility index (Phi) is 8.15. The lowest BCUT2D eigenvalue weighted by molar-refractivity contribution is -0.140. The highest BCUT2D eigenvalue weighted by molar-refractivity contribution is 6.42. The van der Waals surface area contributed by atoms with E-state index in [0.717, 1.165) is 16.9 Å². The highest BCUT2D eigenvalue weighted by Crippen LogP contribution is 2.24. The van der Waals surface area contributed by atoms with Gasteiger partial charge in [0.05, 0.1) is 23.6 Å². The van der Waals surface area contributed by atoms with E-state index in [9.17, 15) is 9.59 Å². The molecule has 0 heterocycles. The molecule has 1 N–H and O–H groups in total. The molecule has 0 saturated carbocycles. The van der Waals surface area contributed by atoms with E-state index < -0.39 is 6.04 Å². The quantitative estimate of drug-likeness (QED) is 0.696. The fraction of sp³-hybridized carbons (Fsp3) is 0.333. The molecule has 150 valence electrons. The van der Waals surface area contributed by atoms with Gasteiger partial charge in [0.2, 0.25) is 11.8 Å². The van der Waals surface area contributed by atoms with Crippen molar-refractivity contribution in [2.75, 3.05) is 14.2 Å². The second-order valence-corrected chi connectivity index (χ2v) is 7.15. The zero-order valence-corrected chi connectivity index (χ0v) is 17.7. The number of amides is 2. The van der Waals surface area contributed by atoms with Crippen molar-refractivity contribution in [1.29, 1.82) is 0 Å². The minimum atomic E-state index is -0.579. The Bertz CT molecular complexity index is 825. The fourth-order valence-electron chi connectivity index (χ4n) is 2.94. The fourth-order valence-corrected chi connectivity index (χ4v) is 3.26. The van der Waals surface area contributed by atoms with Gasteiger partial charge in [-0.05, 0) is 41.8 Å². The molecule has 0 aromatic heterocycles. The third-order valence-corrected chi connectivity index (χ3v) is 5.22. The highest BCUT2D eigenvalue weighted by Gasteiger charge is 2.28. The van der Waals surface area contributed by atoms with E-state index in [1.54, 1.807) is 37.3 Å². The molecule has 0 aliphatic rings. The maximum Gasteiger partial charge on any atom is 0.242 e. The van der Waals surface area contributed by atoms with Crippen molar-refractivity contribution in [2.24, 2.45) is 0 Å². The van der Waals surface area contributed by atoms with Gasteiger partial charge >= 0.3 is 0 Å². The van der Waals surface area contributed by atoms with Crippen LogP contribution in [0, 0.1) is 0 Å². The van der Waals surface area contributed by atoms with E-state index >= 15 is 0 Å². The molecule has 28 heavy (non-hydrogen) atoms. The molecule has 0 radical (unpaired) electrons. The van der Waals surface area contributed by atoms with Gasteiger partial charge in [-0.3, -0.25) is 9.59 Å². The van der Waals surface area contributed by atoms with Gasteiger partial charge < -0.3 is 15.0 Å². The Labute approximate surface area is 175 Å². The lowest BCUT2D eigenvalue weighted by atomic mass is 10.1. The summed E-state index contributed by atoms with van der Waals surface area (Å²) in [5.74, 6) is 0.373. The first-order valence-corrected chi connectivity index (χ1v) is 9.73. The summed E-state index contributed by atoms with van der Waals surface area (Å²) >= 11 is 12.1. The van der Waals surface area contributed by atoms with Gasteiger partial charge in [-0.15, -0.1) is 0 Å². The van der Waals surface area contributed by atoms with E-state index in [1.807, 2.05) is 31.2 Å². The highest BCUT2D eigenvalue weighted by atomic mass is 35.5. The van der Waals surface area contributed by atoms with Crippen LogP contribution in [-0.4, -0.2) is 36.9 Å². The van der Waals surface area contributed by atoms with Crippen LogP contribution in [0.1, 0.15) is 24.5 Å². The Morgan fingerprint density at radius 3 is 2.25 bits per heavy atom. The second-order valence-electron chi connectivity index (χ2n) is 6.33. The maximum absolute atomic E-state index is 13.1. The molecular formula is C21H24Cl2N2O3. The van der Waals surface area contributed by atoms with Gasteiger partial charge in [0.1, 0.15) is 11.8 Å². The summed E-state index contributed by atoms with van der Waals surface area (Å²) in [6, 6.07) is 11.9. The van der Waals surface area contributed by atoms with Crippen LogP contribution < -0.4 is 10.1 Å². The first kappa shape index (κ1) is 22.1. The Morgan fingerprint density at radius 1 is 1.07 bits per heavy atom. The molecule has 2 amide bonds. The van der Waals surface area contributed by atoms with Gasteiger partial charge in [-0.25, -0.2) is 0 Å². The van der Waals surface area contributed by atoms with E-state index in [0.29, 0.717) is 16.5 Å². The molecule has 2 rings (SSSR count). The summed E-state index contributed by atoms with van der Waals surface area (Å²) in [5.41, 5.74) is 1.65. The molecule has 2 aromatic carbocycles. The van der Waals surface area contributed by atoms with E-state index in [-0.39, 0.29) is 24.8 Å². The number of carbonyl (C=O) groups is 2. The minimum Gasteiger partial charge on any atom is -0.497 e. The van der Waals surface area contributed by atoms with Crippen molar-refractivity contribution >= 4 is 35.0 Å². The monoisotopic (exact) mass is 422 g/mol. The van der Waals surface area contributed by atoms with Crippen molar-refractivity contribution in [3.8, 4) is 5.75 Å². The normalized spacial score (nSPS) is 11.6. The third kappa shape index (κ3) is 5.63. The summed E-state index contributed by atoms with van der Waals surface area (Å²) in [7, 11) is 3.16. The van der Waals surface area contributed by atoms with E-state index in [2.05, 4.69) is 5.32 Å². The van der Waals surface area contributed by atoms with Gasteiger partial charge in [0.15, 0.2) is 0 Å². The molecule has 0 unspecified atom stereocenters. The zero-order valence-electron chi connectivity index (χ0n) is 16.2. The van der Waals surface area contributed by atoms with Crippen LogP contribution in [0.5, 0.6) is 5.75 Å². The van der Waals surface area contributed by atoms with Crippen molar-refractivity contribution in [1.82, 2.24) is 10.2 Å². The molecule has 5 nitrogen and oxygen atoms in total. The number of likely N-dealkylation sites (N-methyl/N-ethyl adjacent to an activating group) is 1. The Hall–Kier alpha value is -2.24. The first-order valence-electron chi connectivity index (χ1n) is 8.97. The lowest BCUT2D eigenvalue weighted by Gasteiger charge is -2.30. The van der Waals surface area contributed by atoms with Crippen LogP contribution in [0.25, 0.3) is 0 Å². The third-order valence-electron chi connectivity index (χ3n) is 4.48. The maximum atomic E-state index is 13.1. The molecule has 0 aliphatic carbocycles. The second kappa shape index (κ2) is 10.3.